The monoisotopic (exact) mass is 452 g/mol. The second-order valence-electron chi connectivity index (χ2n) is 8.11. The van der Waals surface area contributed by atoms with Crippen LogP contribution in [-0.4, -0.2) is 63.6 Å². The second kappa shape index (κ2) is 9.24. The van der Waals surface area contributed by atoms with Crippen LogP contribution in [0.4, 0.5) is 0 Å². The standard InChI is InChI=1S/C22H29ClN2O4S/c1-24(2)14-19-15-25(30(27,28)16-17-6-4-8-20(23)12-17)11-10-22(19,26)18-7-5-9-21(13-18)29-3/h4-9,12-13,19,26H,10-11,14-16H2,1-3H3. The number of ether oxygens (including phenoxy) is 1. The van der Waals surface area contributed by atoms with Gasteiger partial charge in [-0.1, -0.05) is 35.9 Å². The molecule has 2 aromatic rings. The van der Waals surface area contributed by atoms with E-state index in [1.807, 2.05) is 43.3 Å². The van der Waals surface area contributed by atoms with Gasteiger partial charge in [-0.25, -0.2) is 12.7 Å². The molecule has 1 aliphatic rings. The Morgan fingerprint density at radius 1 is 1.23 bits per heavy atom. The molecule has 1 N–H and O–H groups in total. The van der Waals surface area contributed by atoms with Crippen LogP contribution in [0.3, 0.4) is 0 Å². The van der Waals surface area contributed by atoms with E-state index >= 15 is 0 Å². The number of methoxy groups -OCH3 is 1. The van der Waals surface area contributed by atoms with E-state index in [2.05, 4.69) is 0 Å². The molecule has 2 aromatic carbocycles. The predicted molar refractivity (Wildman–Crippen MR) is 119 cm³/mol. The lowest BCUT2D eigenvalue weighted by Gasteiger charge is -2.45. The van der Waals surface area contributed by atoms with Crippen molar-refractivity contribution in [2.45, 2.75) is 17.8 Å². The molecule has 1 saturated heterocycles. The summed E-state index contributed by atoms with van der Waals surface area (Å²) in [5.74, 6) is 0.267. The first-order valence-corrected chi connectivity index (χ1v) is 11.9. The number of benzene rings is 2. The van der Waals surface area contributed by atoms with Gasteiger partial charge in [0.1, 0.15) is 5.75 Å². The number of nitrogens with zero attached hydrogens (tertiary/aromatic N) is 2. The van der Waals surface area contributed by atoms with Gasteiger partial charge in [0.25, 0.3) is 0 Å². The van der Waals surface area contributed by atoms with Crippen molar-refractivity contribution in [1.29, 1.82) is 0 Å². The molecule has 0 saturated carbocycles. The average Bonchev–Trinajstić information content (AvgIpc) is 2.69. The fourth-order valence-corrected chi connectivity index (χ4v) is 5.86. The van der Waals surface area contributed by atoms with Gasteiger partial charge in [-0.15, -0.1) is 0 Å². The summed E-state index contributed by atoms with van der Waals surface area (Å²) >= 11 is 6.01. The molecule has 1 fully saturated rings. The van der Waals surface area contributed by atoms with Crippen LogP contribution in [0.15, 0.2) is 48.5 Å². The maximum absolute atomic E-state index is 13.1. The Labute approximate surface area is 184 Å². The van der Waals surface area contributed by atoms with Gasteiger partial charge in [-0.2, -0.15) is 0 Å². The number of hydrogen-bond acceptors (Lipinski definition) is 5. The summed E-state index contributed by atoms with van der Waals surface area (Å²) in [5, 5.41) is 12.2. The Hall–Kier alpha value is -1.64. The highest BCUT2D eigenvalue weighted by Crippen LogP contribution is 2.40. The van der Waals surface area contributed by atoms with Crippen molar-refractivity contribution in [1.82, 2.24) is 9.21 Å². The van der Waals surface area contributed by atoms with E-state index in [0.29, 0.717) is 29.3 Å². The van der Waals surface area contributed by atoms with Crippen molar-refractivity contribution in [3.05, 3.63) is 64.7 Å². The van der Waals surface area contributed by atoms with Crippen molar-refractivity contribution in [2.24, 2.45) is 5.92 Å². The fraction of sp³-hybridized carbons (Fsp3) is 0.455. The van der Waals surface area contributed by atoms with Crippen LogP contribution in [-0.2, 0) is 21.4 Å². The van der Waals surface area contributed by atoms with Crippen LogP contribution >= 0.6 is 11.6 Å². The molecule has 30 heavy (non-hydrogen) atoms. The van der Waals surface area contributed by atoms with Crippen LogP contribution in [0.25, 0.3) is 0 Å². The van der Waals surface area contributed by atoms with Crippen LogP contribution in [0.1, 0.15) is 17.5 Å². The van der Waals surface area contributed by atoms with Gasteiger partial charge < -0.3 is 14.7 Å². The van der Waals surface area contributed by atoms with Crippen molar-refractivity contribution in [3.8, 4) is 5.75 Å². The highest BCUT2D eigenvalue weighted by atomic mass is 35.5. The molecule has 0 spiro atoms. The fourth-order valence-electron chi connectivity index (χ4n) is 4.09. The summed E-state index contributed by atoms with van der Waals surface area (Å²) < 4.78 is 33.0. The summed E-state index contributed by atoms with van der Waals surface area (Å²) in [6.45, 7) is 1.05. The normalized spacial score (nSPS) is 22.9. The topological polar surface area (TPSA) is 70.1 Å². The van der Waals surface area contributed by atoms with Crippen LogP contribution in [0.5, 0.6) is 5.75 Å². The average molecular weight is 453 g/mol. The molecule has 2 unspecified atom stereocenters. The van der Waals surface area contributed by atoms with E-state index in [1.165, 1.54) is 4.31 Å². The predicted octanol–water partition coefficient (Wildman–Crippen LogP) is 2.95. The van der Waals surface area contributed by atoms with Gasteiger partial charge in [0.05, 0.1) is 18.5 Å². The van der Waals surface area contributed by atoms with Crippen LogP contribution in [0.2, 0.25) is 5.02 Å². The van der Waals surface area contributed by atoms with Crippen molar-refractivity contribution in [2.75, 3.05) is 40.8 Å². The first-order chi connectivity index (χ1) is 14.1. The first-order valence-electron chi connectivity index (χ1n) is 9.88. The largest absolute Gasteiger partial charge is 0.497 e. The Balaban J connectivity index is 1.86. The molecule has 164 valence electrons. The van der Waals surface area contributed by atoms with Crippen LogP contribution < -0.4 is 4.74 Å². The Kier molecular flexibility index (Phi) is 7.09. The zero-order chi connectivity index (χ0) is 21.9. The van der Waals surface area contributed by atoms with Gasteiger partial charge in [-0.3, -0.25) is 0 Å². The van der Waals surface area contributed by atoms with Crippen molar-refractivity contribution >= 4 is 21.6 Å². The number of aliphatic hydroxyl groups is 1. The third-order valence-electron chi connectivity index (χ3n) is 5.63. The van der Waals surface area contributed by atoms with Gasteiger partial charge in [0, 0.05) is 30.6 Å². The SMILES string of the molecule is COc1cccc(C2(O)CCN(S(=O)(=O)Cc3cccc(Cl)c3)CC2CN(C)C)c1. The lowest BCUT2D eigenvalue weighted by atomic mass is 9.76. The minimum atomic E-state index is -3.55. The Morgan fingerprint density at radius 2 is 1.97 bits per heavy atom. The number of rotatable bonds is 7. The van der Waals surface area contributed by atoms with Crippen molar-refractivity contribution < 1.29 is 18.3 Å². The third kappa shape index (κ3) is 5.15. The van der Waals surface area contributed by atoms with E-state index in [0.717, 1.165) is 5.56 Å². The molecular weight excluding hydrogens is 424 g/mol. The van der Waals surface area contributed by atoms with E-state index < -0.39 is 15.6 Å². The maximum Gasteiger partial charge on any atom is 0.218 e. The summed E-state index contributed by atoms with van der Waals surface area (Å²) in [4.78, 5) is 1.98. The smallest absolute Gasteiger partial charge is 0.218 e. The van der Waals surface area contributed by atoms with Gasteiger partial charge in [0.15, 0.2) is 0 Å². The zero-order valence-corrected chi connectivity index (χ0v) is 19.2. The minimum absolute atomic E-state index is 0.111. The molecule has 0 aromatic heterocycles. The number of sulfonamides is 1. The maximum atomic E-state index is 13.1. The highest BCUT2D eigenvalue weighted by molar-refractivity contribution is 7.88. The molecule has 0 amide bonds. The lowest BCUT2D eigenvalue weighted by molar-refractivity contribution is -0.0698. The van der Waals surface area contributed by atoms with E-state index in [9.17, 15) is 13.5 Å². The van der Waals surface area contributed by atoms with Gasteiger partial charge >= 0.3 is 0 Å². The molecule has 6 nitrogen and oxygen atoms in total. The zero-order valence-electron chi connectivity index (χ0n) is 17.6. The number of hydrogen-bond donors (Lipinski definition) is 1. The van der Waals surface area contributed by atoms with Crippen LogP contribution in [0, 0.1) is 5.92 Å². The second-order valence-corrected chi connectivity index (χ2v) is 10.5. The molecular formula is C22H29ClN2O4S. The van der Waals surface area contributed by atoms with E-state index in [1.54, 1.807) is 31.4 Å². The molecule has 1 aliphatic heterocycles. The molecule has 1 heterocycles. The summed E-state index contributed by atoms with van der Waals surface area (Å²) in [6, 6.07) is 14.3. The summed E-state index contributed by atoms with van der Waals surface area (Å²) in [6.07, 6.45) is 0.313. The molecule has 2 atom stereocenters. The number of piperidine rings is 1. The summed E-state index contributed by atoms with van der Waals surface area (Å²) in [5.41, 5.74) is 0.266. The van der Waals surface area contributed by atoms with E-state index in [4.69, 9.17) is 16.3 Å². The molecule has 8 heteroatoms. The third-order valence-corrected chi connectivity index (χ3v) is 7.68. The molecule has 0 bridgehead atoms. The molecule has 0 radical (unpaired) electrons. The highest BCUT2D eigenvalue weighted by Gasteiger charge is 2.45. The van der Waals surface area contributed by atoms with Gasteiger partial charge in [-0.05, 0) is 55.9 Å². The van der Waals surface area contributed by atoms with E-state index in [-0.39, 0.29) is 24.8 Å². The molecule has 3 rings (SSSR count). The first kappa shape index (κ1) is 23.0. The lowest BCUT2D eigenvalue weighted by Crippen LogP contribution is -2.54. The quantitative estimate of drug-likeness (QED) is 0.699. The Morgan fingerprint density at radius 3 is 2.63 bits per heavy atom. The Bertz CT molecular complexity index is 983. The number of halogens is 1. The summed E-state index contributed by atoms with van der Waals surface area (Å²) in [7, 11) is 1.89. The minimum Gasteiger partial charge on any atom is -0.497 e. The van der Waals surface area contributed by atoms with Crippen molar-refractivity contribution in [3.63, 3.8) is 0 Å². The molecule has 0 aliphatic carbocycles. The van der Waals surface area contributed by atoms with Gasteiger partial charge in [0.2, 0.25) is 10.0 Å².